The Labute approximate surface area is 89.9 Å². The van der Waals surface area contributed by atoms with E-state index in [0.717, 1.165) is 12.2 Å². The van der Waals surface area contributed by atoms with Gasteiger partial charge in [-0.1, -0.05) is 12.8 Å². The summed E-state index contributed by atoms with van der Waals surface area (Å²) in [5.41, 5.74) is 6.52. The zero-order valence-electron chi connectivity index (χ0n) is 9.07. The van der Waals surface area contributed by atoms with Crippen molar-refractivity contribution in [1.82, 2.24) is 9.97 Å². The van der Waals surface area contributed by atoms with E-state index in [1.807, 2.05) is 6.92 Å². The lowest BCUT2D eigenvalue weighted by Gasteiger charge is -2.12. The molecule has 0 radical (unpaired) electrons. The Bertz CT molecular complexity index is 335. The molecule has 0 aliphatic heterocycles. The first-order valence-electron chi connectivity index (χ1n) is 5.47. The van der Waals surface area contributed by atoms with Crippen LogP contribution in [0, 0.1) is 12.8 Å². The summed E-state index contributed by atoms with van der Waals surface area (Å²) < 4.78 is 5.67. The van der Waals surface area contributed by atoms with Gasteiger partial charge in [0.25, 0.3) is 0 Å². The van der Waals surface area contributed by atoms with Crippen LogP contribution in [0.1, 0.15) is 31.2 Å². The van der Waals surface area contributed by atoms with Gasteiger partial charge >= 0.3 is 0 Å². The molecule has 0 saturated heterocycles. The van der Waals surface area contributed by atoms with E-state index in [4.69, 9.17) is 10.5 Å². The average Bonchev–Trinajstić information content (AvgIpc) is 2.73. The van der Waals surface area contributed by atoms with Gasteiger partial charge in [0.05, 0.1) is 12.2 Å². The molecule has 1 aromatic heterocycles. The molecule has 0 bridgehead atoms. The molecule has 0 unspecified atom stereocenters. The van der Waals surface area contributed by atoms with Gasteiger partial charge in [-0.15, -0.1) is 0 Å². The Balaban J connectivity index is 1.95. The Hall–Kier alpha value is -1.32. The Kier molecular flexibility index (Phi) is 3.04. The first-order chi connectivity index (χ1) is 7.27. The zero-order valence-corrected chi connectivity index (χ0v) is 9.07. The van der Waals surface area contributed by atoms with Crippen LogP contribution in [-0.2, 0) is 0 Å². The predicted molar refractivity (Wildman–Crippen MR) is 58.6 cm³/mol. The second kappa shape index (κ2) is 4.47. The highest BCUT2D eigenvalue weighted by Gasteiger charge is 2.16. The smallest absolute Gasteiger partial charge is 0.221 e. The summed E-state index contributed by atoms with van der Waals surface area (Å²) in [4.78, 5) is 7.99. The fourth-order valence-electron chi connectivity index (χ4n) is 1.97. The summed E-state index contributed by atoms with van der Waals surface area (Å²) >= 11 is 0. The van der Waals surface area contributed by atoms with Gasteiger partial charge in [-0.05, 0) is 25.7 Å². The van der Waals surface area contributed by atoms with Crippen molar-refractivity contribution < 1.29 is 4.74 Å². The minimum Gasteiger partial charge on any atom is -0.477 e. The first-order valence-corrected chi connectivity index (χ1v) is 5.47. The van der Waals surface area contributed by atoms with Crippen molar-refractivity contribution >= 4 is 5.82 Å². The number of ether oxygens (including phenoxy) is 1. The largest absolute Gasteiger partial charge is 0.477 e. The molecule has 0 spiro atoms. The fraction of sp³-hybridized carbons (Fsp3) is 0.636. The first kappa shape index (κ1) is 10.2. The Morgan fingerprint density at radius 2 is 2.13 bits per heavy atom. The third kappa shape index (κ3) is 2.37. The van der Waals surface area contributed by atoms with E-state index in [2.05, 4.69) is 9.97 Å². The van der Waals surface area contributed by atoms with Crippen LogP contribution < -0.4 is 10.5 Å². The number of aromatic nitrogens is 2. The van der Waals surface area contributed by atoms with Crippen LogP contribution in [0.25, 0.3) is 0 Å². The fourth-order valence-corrected chi connectivity index (χ4v) is 1.97. The molecule has 1 heterocycles. The Morgan fingerprint density at radius 3 is 2.87 bits per heavy atom. The summed E-state index contributed by atoms with van der Waals surface area (Å²) in [6, 6.07) is 0. The van der Waals surface area contributed by atoms with E-state index in [0.29, 0.717) is 17.6 Å². The molecular weight excluding hydrogens is 190 g/mol. The van der Waals surface area contributed by atoms with Crippen molar-refractivity contribution in [3.63, 3.8) is 0 Å². The van der Waals surface area contributed by atoms with Gasteiger partial charge in [0, 0.05) is 0 Å². The standard InChI is InChI=1S/C11H17N3O/c1-8-10(12)13-7-14-11(8)15-6-9-4-2-3-5-9/h7,9H,2-6H2,1H3,(H2,12,13,14). The van der Waals surface area contributed by atoms with Crippen LogP contribution in [0.2, 0.25) is 0 Å². The third-order valence-electron chi connectivity index (χ3n) is 3.01. The van der Waals surface area contributed by atoms with E-state index in [-0.39, 0.29) is 0 Å². The predicted octanol–water partition coefficient (Wildman–Crippen LogP) is 1.94. The van der Waals surface area contributed by atoms with Gasteiger partial charge in [-0.2, -0.15) is 0 Å². The van der Waals surface area contributed by atoms with Crippen molar-refractivity contribution in [3.05, 3.63) is 11.9 Å². The third-order valence-corrected chi connectivity index (χ3v) is 3.01. The number of hydrogen-bond donors (Lipinski definition) is 1. The van der Waals surface area contributed by atoms with Crippen molar-refractivity contribution in [2.45, 2.75) is 32.6 Å². The number of nitrogen functional groups attached to an aromatic ring is 1. The average molecular weight is 207 g/mol. The number of nitrogens with two attached hydrogens (primary N) is 1. The molecule has 0 amide bonds. The summed E-state index contributed by atoms with van der Waals surface area (Å²) in [6.45, 7) is 2.65. The minimum atomic E-state index is 0.506. The van der Waals surface area contributed by atoms with E-state index in [1.165, 1.54) is 32.0 Å². The van der Waals surface area contributed by atoms with Gasteiger partial charge in [0.15, 0.2) is 0 Å². The molecule has 15 heavy (non-hydrogen) atoms. The highest BCUT2D eigenvalue weighted by Crippen LogP contribution is 2.26. The molecule has 1 aliphatic carbocycles. The molecule has 1 aromatic rings. The number of nitrogens with zero attached hydrogens (tertiary/aromatic N) is 2. The summed E-state index contributed by atoms with van der Waals surface area (Å²) in [6.07, 6.45) is 6.67. The molecular formula is C11H17N3O. The second-order valence-corrected chi connectivity index (χ2v) is 4.15. The number of anilines is 1. The van der Waals surface area contributed by atoms with Gasteiger partial charge in [0.1, 0.15) is 12.1 Å². The van der Waals surface area contributed by atoms with E-state index in [1.54, 1.807) is 0 Å². The molecule has 2 rings (SSSR count). The molecule has 0 aromatic carbocycles. The van der Waals surface area contributed by atoms with Crippen LogP contribution >= 0.6 is 0 Å². The molecule has 4 heteroatoms. The number of rotatable bonds is 3. The zero-order chi connectivity index (χ0) is 10.7. The maximum absolute atomic E-state index is 5.67. The van der Waals surface area contributed by atoms with E-state index < -0.39 is 0 Å². The minimum absolute atomic E-state index is 0.506. The number of hydrogen-bond acceptors (Lipinski definition) is 4. The lowest BCUT2D eigenvalue weighted by molar-refractivity contribution is 0.242. The Morgan fingerprint density at radius 1 is 1.40 bits per heavy atom. The van der Waals surface area contributed by atoms with Gasteiger partial charge in [-0.25, -0.2) is 9.97 Å². The summed E-state index contributed by atoms with van der Waals surface area (Å²) in [7, 11) is 0. The van der Waals surface area contributed by atoms with Crippen LogP contribution in [0.4, 0.5) is 5.82 Å². The topological polar surface area (TPSA) is 61.0 Å². The van der Waals surface area contributed by atoms with E-state index >= 15 is 0 Å². The maximum Gasteiger partial charge on any atom is 0.221 e. The van der Waals surface area contributed by atoms with Crippen molar-refractivity contribution in [3.8, 4) is 5.88 Å². The van der Waals surface area contributed by atoms with Crippen LogP contribution in [-0.4, -0.2) is 16.6 Å². The molecule has 82 valence electrons. The lowest BCUT2D eigenvalue weighted by atomic mass is 10.1. The second-order valence-electron chi connectivity index (χ2n) is 4.15. The normalized spacial score (nSPS) is 16.9. The quantitative estimate of drug-likeness (QED) is 0.822. The molecule has 1 fully saturated rings. The van der Waals surface area contributed by atoms with Gasteiger partial charge in [0.2, 0.25) is 5.88 Å². The van der Waals surface area contributed by atoms with E-state index in [9.17, 15) is 0 Å². The van der Waals surface area contributed by atoms with Crippen LogP contribution in [0.15, 0.2) is 6.33 Å². The maximum atomic E-state index is 5.67. The van der Waals surface area contributed by atoms with Crippen molar-refractivity contribution in [2.24, 2.45) is 5.92 Å². The molecule has 1 aliphatic rings. The summed E-state index contributed by atoms with van der Waals surface area (Å²) in [5.74, 6) is 1.83. The summed E-state index contributed by atoms with van der Waals surface area (Å²) in [5, 5.41) is 0. The highest BCUT2D eigenvalue weighted by atomic mass is 16.5. The van der Waals surface area contributed by atoms with Gasteiger partial charge in [-0.3, -0.25) is 0 Å². The molecule has 1 saturated carbocycles. The van der Waals surface area contributed by atoms with Crippen LogP contribution in [0.5, 0.6) is 5.88 Å². The highest BCUT2D eigenvalue weighted by molar-refractivity contribution is 5.43. The van der Waals surface area contributed by atoms with Gasteiger partial charge < -0.3 is 10.5 Å². The lowest BCUT2D eigenvalue weighted by Crippen LogP contribution is -2.10. The van der Waals surface area contributed by atoms with Crippen LogP contribution in [0.3, 0.4) is 0 Å². The molecule has 2 N–H and O–H groups in total. The SMILES string of the molecule is Cc1c(N)ncnc1OCC1CCCC1. The molecule has 4 nitrogen and oxygen atoms in total. The monoisotopic (exact) mass is 207 g/mol. The molecule has 0 atom stereocenters. The van der Waals surface area contributed by atoms with Crippen molar-refractivity contribution in [2.75, 3.05) is 12.3 Å². The van der Waals surface area contributed by atoms with Crippen molar-refractivity contribution in [1.29, 1.82) is 0 Å².